The molecule has 19 nitrogen and oxygen atoms in total. The molecule has 1 aliphatic carbocycles. The summed E-state index contributed by atoms with van der Waals surface area (Å²) in [5, 5.41) is 76.6. The molecule has 2 heterocycles. The lowest BCUT2D eigenvalue weighted by Gasteiger charge is -2.45. The normalized spacial score (nSPS) is 47.4. The number of guanidine groups is 2. The minimum atomic E-state index is -2.38. The van der Waals surface area contributed by atoms with Crippen LogP contribution >= 0.6 is 0 Å². The van der Waals surface area contributed by atoms with Crippen LogP contribution in [-0.2, 0) is 23.7 Å². The van der Waals surface area contributed by atoms with E-state index in [9.17, 15) is 40.5 Å². The average molecular weight is 582 g/mol. The van der Waals surface area contributed by atoms with Crippen LogP contribution in [0.1, 0.15) is 6.92 Å². The molecule has 3 fully saturated rings. The molecule has 19 heteroatoms. The minimum Gasteiger partial charge on any atom is -0.394 e. The van der Waals surface area contributed by atoms with Crippen molar-refractivity contribution < 1.29 is 59.5 Å². The molecule has 0 aromatic rings. The highest BCUT2D eigenvalue weighted by Crippen LogP contribution is 2.38. The number of aliphatic imine (C=N–C) groups is 2. The molecule has 0 bridgehead atoms. The molecule has 1 saturated carbocycles. The Bertz CT molecular complexity index is 940. The molecule has 0 spiro atoms. The molecule has 16 N–H and O–H groups in total. The summed E-state index contributed by atoms with van der Waals surface area (Å²) in [6, 6.07) is -4.08. The fourth-order valence-electron chi connectivity index (χ4n) is 5.08. The summed E-state index contributed by atoms with van der Waals surface area (Å²) >= 11 is 0. The number of hydrogen-bond acceptors (Lipinski definition) is 15. The number of ether oxygens (including phenoxy) is 4. The highest BCUT2D eigenvalue weighted by atomic mass is 16.8. The largest absolute Gasteiger partial charge is 0.394 e. The van der Waals surface area contributed by atoms with Gasteiger partial charge in [0.05, 0.1) is 18.8 Å². The molecule has 2 saturated heterocycles. The van der Waals surface area contributed by atoms with Crippen molar-refractivity contribution in [2.75, 3.05) is 13.7 Å². The van der Waals surface area contributed by atoms with Crippen molar-refractivity contribution in [3.63, 3.8) is 0 Å². The summed E-state index contributed by atoms with van der Waals surface area (Å²) in [6.07, 6.45) is -17.3. The maximum Gasteiger partial charge on any atom is 0.188 e. The first-order valence-corrected chi connectivity index (χ1v) is 12.4. The van der Waals surface area contributed by atoms with Crippen LogP contribution in [0, 0.1) is 0 Å². The van der Waals surface area contributed by atoms with Crippen molar-refractivity contribution in [1.82, 2.24) is 5.32 Å². The Morgan fingerprint density at radius 1 is 0.900 bits per heavy atom. The van der Waals surface area contributed by atoms with E-state index in [4.69, 9.17) is 41.9 Å². The first-order chi connectivity index (χ1) is 18.7. The summed E-state index contributed by atoms with van der Waals surface area (Å²) in [7, 11) is 1.42. The monoisotopic (exact) mass is 581 g/mol. The highest BCUT2D eigenvalue weighted by molar-refractivity contribution is 5.76. The molecule has 0 amide bonds. The lowest BCUT2D eigenvalue weighted by molar-refractivity contribution is -0.314. The third kappa shape index (κ3) is 6.00. The van der Waals surface area contributed by atoms with E-state index in [0.29, 0.717) is 0 Å². The van der Waals surface area contributed by atoms with Crippen LogP contribution in [-0.4, -0.2) is 159 Å². The van der Waals surface area contributed by atoms with Gasteiger partial charge in [-0.15, -0.1) is 0 Å². The predicted molar refractivity (Wildman–Crippen MR) is 133 cm³/mol. The second-order valence-corrected chi connectivity index (χ2v) is 9.89. The number of hydrogen-bond donors (Lipinski definition) is 12. The van der Waals surface area contributed by atoms with Gasteiger partial charge in [0, 0.05) is 0 Å². The number of nitrogens with one attached hydrogen (secondary N) is 1. The molecule has 0 aromatic carbocycles. The van der Waals surface area contributed by atoms with Crippen molar-refractivity contribution in [3.8, 4) is 0 Å². The van der Waals surface area contributed by atoms with E-state index in [-0.39, 0.29) is 6.29 Å². The Labute approximate surface area is 228 Å². The number of carbonyl (C=O) groups is 1. The Hall–Kier alpha value is -2.27. The van der Waals surface area contributed by atoms with Crippen molar-refractivity contribution in [1.29, 1.82) is 0 Å². The quantitative estimate of drug-likeness (QED) is 0.0682. The number of rotatable bonds is 9. The Balaban J connectivity index is 1.96. The van der Waals surface area contributed by atoms with Crippen LogP contribution in [0.4, 0.5) is 0 Å². The molecule has 15 atom stereocenters. The van der Waals surface area contributed by atoms with Crippen molar-refractivity contribution in [2.24, 2.45) is 32.9 Å². The number of likely N-dealkylation sites (N-methyl/N-ethyl adjacent to an activating group) is 1. The van der Waals surface area contributed by atoms with E-state index in [1.807, 2.05) is 0 Å². The standard InChI is InChI=1S/C21H39N7O12/c1-5-21(36,4-30)16(40-17-9(26-2)13(34)10(31)6(3-29)38-17)18(37-5)39-15-8(28-20(24)25)11(32)7(27-19(22)23)12(33)14(15)35/h4-18,26,29,31-36H,3H2,1-2H3,(H4,22,23,27)(H4,24,25,28)/t5-,6?,7+,8?,9?,10+,11?,12?,13?,14?,15+,16+,17+,18?,21?/m0/s1. The molecular formula is C21H39N7O12. The Kier molecular flexibility index (Phi) is 10.2. The number of nitrogens with two attached hydrogens (primary N) is 4. The number of aliphatic hydroxyl groups excluding tert-OH is 6. The third-order valence-electron chi connectivity index (χ3n) is 7.34. The number of aliphatic hydroxyl groups is 7. The highest BCUT2D eigenvalue weighted by Gasteiger charge is 2.60. The van der Waals surface area contributed by atoms with E-state index in [1.165, 1.54) is 14.0 Å². The summed E-state index contributed by atoms with van der Waals surface area (Å²) < 4.78 is 22.9. The molecule has 9 unspecified atom stereocenters. The van der Waals surface area contributed by atoms with Gasteiger partial charge in [-0.2, -0.15) is 0 Å². The van der Waals surface area contributed by atoms with Crippen molar-refractivity contribution >= 4 is 18.2 Å². The van der Waals surface area contributed by atoms with Gasteiger partial charge in [0.25, 0.3) is 0 Å². The van der Waals surface area contributed by atoms with Crippen molar-refractivity contribution in [2.45, 2.75) is 98.2 Å². The maximum atomic E-state index is 12.1. The second-order valence-electron chi connectivity index (χ2n) is 9.89. The van der Waals surface area contributed by atoms with Gasteiger partial charge in [0.1, 0.15) is 60.9 Å². The number of nitrogens with zero attached hydrogens (tertiary/aromatic N) is 2. The fraction of sp³-hybridized carbons (Fsp3) is 0.857. The van der Waals surface area contributed by atoms with Gasteiger partial charge in [0.2, 0.25) is 0 Å². The zero-order chi connectivity index (χ0) is 30.1. The molecule has 0 aromatic heterocycles. The molecule has 3 aliphatic rings. The first-order valence-electron chi connectivity index (χ1n) is 12.4. The van der Waals surface area contributed by atoms with Gasteiger partial charge in [-0.3, -0.25) is 4.79 Å². The molecular weight excluding hydrogens is 542 g/mol. The van der Waals surface area contributed by atoms with Crippen LogP contribution in [0.25, 0.3) is 0 Å². The van der Waals surface area contributed by atoms with Crippen LogP contribution in [0.3, 0.4) is 0 Å². The smallest absolute Gasteiger partial charge is 0.188 e. The zero-order valence-electron chi connectivity index (χ0n) is 21.7. The Morgan fingerprint density at radius 3 is 2.02 bits per heavy atom. The van der Waals surface area contributed by atoms with Gasteiger partial charge in [-0.25, -0.2) is 9.98 Å². The first kappa shape index (κ1) is 32.2. The average Bonchev–Trinajstić information content (AvgIpc) is 3.13. The fourth-order valence-corrected chi connectivity index (χ4v) is 5.08. The molecule has 40 heavy (non-hydrogen) atoms. The maximum absolute atomic E-state index is 12.1. The predicted octanol–water partition coefficient (Wildman–Crippen LogP) is -8.16. The van der Waals surface area contributed by atoms with Gasteiger partial charge in [0.15, 0.2) is 36.4 Å². The lowest BCUT2D eigenvalue weighted by atomic mass is 9.81. The van der Waals surface area contributed by atoms with E-state index in [1.54, 1.807) is 0 Å². The van der Waals surface area contributed by atoms with E-state index < -0.39 is 110 Å². The zero-order valence-corrected chi connectivity index (χ0v) is 21.7. The molecule has 2 aliphatic heterocycles. The summed E-state index contributed by atoms with van der Waals surface area (Å²) in [5.74, 6) is -1.03. The third-order valence-corrected chi connectivity index (χ3v) is 7.34. The van der Waals surface area contributed by atoms with Gasteiger partial charge in [-0.1, -0.05) is 0 Å². The van der Waals surface area contributed by atoms with Crippen LogP contribution in [0.2, 0.25) is 0 Å². The minimum absolute atomic E-state index is 0.140. The van der Waals surface area contributed by atoms with Gasteiger partial charge in [-0.05, 0) is 14.0 Å². The van der Waals surface area contributed by atoms with Crippen LogP contribution in [0.15, 0.2) is 9.98 Å². The lowest BCUT2D eigenvalue weighted by Crippen LogP contribution is -2.66. The molecule has 230 valence electrons. The summed E-state index contributed by atoms with van der Waals surface area (Å²) in [5.41, 5.74) is 19.4. The summed E-state index contributed by atoms with van der Waals surface area (Å²) in [6.45, 7) is 0.620. The second kappa shape index (κ2) is 12.7. The molecule has 3 rings (SSSR count). The van der Waals surface area contributed by atoms with Gasteiger partial charge < -0.3 is 82.9 Å². The number of aldehydes is 1. The van der Waals surface area contributed by atoms with Gasteiger partial charge >= 0.3 is 0 Å². The topological polar surface area (TPSA) is 336 Å². The molecule has 0 radical (unpaired) electrons. The van der Waals surface area contributed by atoms with E-state index in [2.05, 4.69) is 15.3 Å². The number of carbonyl (C=O) groups excluding carboxylic acids is 1. The van der Waals surface area contributed by atoms with E-state index >= 15 is 0 Å². The SMILES string of the molecule is CNC1C(O)[C@H](O)C(CO)O[C@@H]1O[C@@H]1C(O[C@H]2C(O)C(O)[C@H](N=C(N)N)C(O)C2N=C(N)N)O[C@@H](C)C1(O)C=O. The van der Waals surface area contributed by atoms with Crippen LogP contribution in [0.5, 0.6) is 0 Å². The van der Waals surface area contributed by atoms with E-state index in [0.717, 1.165) is 0 Å². The van der Waals surface area contributed by atoms with Crippen molar-refractivity contribution in [3.05, 3.63) is 0 Å². The van der Waals surface area contributed by atoms with Crippen LogP contribution < -0.4 is 28.3 Å². The Morgan fingerprint density at radius 2 is 1.50 bits per heavy atom. The summed E-state index contributed by atoms with van der Waals surface area (Å²) in [4.78, 5) is 19.7.